The first-order valence-corrected chi connectivity index (χ1v) is 11.6. The molecule has 2 aromatic rings. The Kier molecular flexibility index (Phi) is 6.50. The van der Waals surface area contributed by atoms with Crippen LogP contribution >= 0.6 is 11.3 Å². The molecule has 8 heteroatoms. The predicted octanol–water partition coefficient (Wildman–Crippen LogP) is 3.36. The second-order valence-corrected chi connectivity index (χ2v) is 8.91. The van der Waals surface area contributed by atoms with Gasteiger partial charge in [-0.15, -0.1) is 24.5 Å². The van der Waals surface area contributed by atoms with Crippen LogP contribution < -0.4 is 4.90 Å². The SMILES string of the molecule is C=CCN(CC=C)C(=O)[C@H]1CCCN(c2cccc3c2C(=O)N(Cc2nccs2)C3=O)C1. The summed E-state index contributed by atoms with van der Waals surface area (Å²) >= 11 is 1.42. The maximum absolute atomic E-state index is 13.2. The Labute approximate surface area is 191 Å². The summed E-state index contributed by atoms with van der Waals surface area (Å²) in [6, 6.07) is 5.37. The lowest BCUT2D eigenvalue weighted by atomic mass is 9.94. The predicted molar refractivity (Wildman–Crippen MR) is 125 cm³/mol. The molecule has 1 atom stereocenters. The van der Waals surface area contributed by atoms with E-state index in [0.717, 1.165) is 25.1 Å². The highest BCUT2D eigenvalue weighted by molar-refractivity contribution is 7.09. The minimum Gasteiger partial charge on any atom is -0.370 e. The molecule has 0 aliphatic carbocycles. The van der Waals surface area contributed by atoms with Gasteiger partial charge in [-0.05, 0) is 25.0 Å². The molecule has 0 saturated carbocycles. The lowest BCUT2D eigenvalue weighted by Gasteiger charge is -2.36. The van der Waals surface area contributed by atoms with Crippen molar-refractivity contribution in [2.24, 2.45) is 5.92 Å². The van der Waals surface area contributed by atoms with Crippen LogP contribution in [0, 0.1) is 5.92 Å². The number of carbonyl (C=O) groups excluding carboxylic acids is 3. The molecule has 0 spiro atoms. The van der Waals surface area contributed by atoms with Crippen LogP contribution in [-0.2, 0) is 11.3 Å². The third-order valence-electron chi connectivity index (χ3n) is 5.88. The molecule has 0 N–H and O–H groups in total. The van der Waals surface area contributed by atoms with Gasteiger partial charge in [-0.25, -0.2) is 4.98 Å². The monoisotopic (exact) mass is 450 g/mol. The molecule has 7 nitrogen and oxygen atoms in total. The van der Waals surface area contributed by atoms with Crippen LogP contribution in [0.15, 0.2) is 55.1 Å². The Morgan fingerprint density at radius 3 is 2.69 bits per heavy atom. The van der Waals surface area contributed by atoms with Crippen LogP contribution in [0.2, 0.25) is 0 Å². The number of thiazole rings is 1. The van der Waals surface area contributed by atoms with Crippen molar-refractivity contribution >= 4 is 34.7 Å². The third kappa shape index (κ3) is 4.10. The molecule has 1 aromatic heterocycles. The van der Waals surface area contributed by atoms with E-state index in [-0.39, 0.29) is 30.2 Å². The van der Waals surface area contributed by atoms with Gasteiger partial charge in [0.2, 0.25) is 5.91 Å². The van der Waals surface area contributed by atoms with E-state index < -0.39 is 0 Å². The van der Waals surface area contributed by atoms with Gasteiger partial charge in [-0.1, -0.05) is 18.2 Å². The second kappa shape index (κ2) is 9.48. The molecular weight excluding hydrogens is 424 g/mol. The van der Waals surface area contributed by atoms with Gasteiger partial charge in [0.1, 0.15) is 5.01 Å². The summed E-state index contributed by atoms with van der Waals surface area (Å²) in [5.41, 5.74) is 1.56. The number of aromatic nitrogens is 1. The third-order valence-corrected chi connectivity index (χ3v) is 6.64. The van der Waals surface area contributed by atoms with Gasteiger partial charge in [0.25, 0.3) is 11.8 Å². The number of carbonyl (C=O) groups is 3. The summed E-state index contributed by atoms with van der Waals surface area (Å²) in [7, 11) is 0. The topological polar surface area (TPSA) is 73.8 Å². The summed E-state index contributed by atoms with van der Waals surface area (Å²) in [5.74, 6) is -0.716. The number of benzene rings is 1. The van der Waals surface area contributed by atoms with Gasteiger partial charge >= 0.3 is 0 Å². The van der Waals surface area contributed by atoms with Crippen LogP contribution in [0.1, 0.15) is 38.6 Å². The zero-order valence-electron chi connectivity index (χ0n) is 17.9. The molecule has 1 fully saturated rings. The molecule has 1 aromatic carbocycles. The van der Waals surface area contributed by atoms with Crippen molar-refractivity contribution in [3.8, 4) is 0 Å². The molecule has 3 amide bonds. The second-order valence-electron chi connectivity index (χ2n) is 7.93. The maximum Gasteiger partial charge on any atom is 0.264 e. The summed E-state index contributed by atoms with van der Waals surface area (Å²) in [6.45, 7) is 9.85. The Bertz CT molecular complexity index is 1040. The lowest BCUT2D eigenvalue weighted by Crippen LogP contribution is -2.45. The first-order chi connectivity index (χ1) is 15.5. The molecule has 3 heterocycles. The first kappa shape index (κ1) is 22.0. The molecule has 4 rings (SSSR count). The standard InChI is InChI=1S/C24H26N4O3S/c1-3-11-26(12-4-2)22(29)17-7-6-13-27(15-17)19-9-5-8-18-21(19)24(31)28(23(18)30)16-20-25-10-14-32-20/h3-5,8-10,14,17H,1-2,6-7,11-13,15-16H2/t17-/m0/s1. The number of hydrogen-bond donors (Lipinski definition) is 0. The number of hydrogen-bond acceptors (Lipinski definition) is 6. The van der Waals surface area contributed by atoms with E-state index in [4.69, 9.17) is 0 Å². The number of fused-ring (bicyclic) bond motifs is 1. The molecule has 166 valence electrons. The van der Waals surface area contributed by atoms with Crippen LogP contribution in [-0.4, -0.2) is 58.7 Å². The minimum absolute atomic E-state index is 0.0647. The number of piperidine rings is 1. The van der Waals surface area contributed by atoms with Crippen molar-refractivity contribution in [3.63, 3.8) is 0 Å². The molecule has 0 unspecified atom stereocenters. The van der Waals surface area contributed by atoms with E-state index in [1.165, 1.54) is 16.2 Å². The van der Waals surface area contributed by atoms with E-state index in [1.54, 1.807) is 35.4 Å². The molecule has 0 radical (unpaired) electrons. The smallest absolute Gasteiger partial charge is 0.264 e. The number of anilines is 1. The van der Waals surface area contributed by atoms with Gasteiger partial charge in [-0.3, -0.25) is 19.3 Å². The Hall–Kier alpha value is -3.26. The Morgan fingerprint density at radius 2 is 2.00 bits per heavy atom. The summed E-state index contributed by atoms with van der Waals surface area (Å²) < 4.78 is 0. The normalized spacial score (nSPS) is 17.9. The van der Waals surface area contributed by atoms with Crippen LogP contribution in [0.4, 0.5) is 5.69 Å². The molecule has 32 heavy (non-hydrogen) atoms. The number of imide groups is 1. The van der Waals surface area contributed by atoms with Gasteiger partial charge < -0.3 is 9.80 Å². The number of rotatable bonds is 8. The highest BCUT2D eigenvalue weighted by atomic mass is 32.1. The van der Waals surface area contributed by atoms with E-state index in [1.807, 2.05) is 11.4 Å². The van der Waals surface area contributed by atoms with Crippen LogP contribution in [0.25, 0.3) is 0 Å². The van der Waals surface area contributed by atoms with Crippen LogP contribution in [0.5, 0.6) is 0 Å². The molecule has 1 saturated heterocycles. The largest absolute Gasteiger partial charge is 0.370 e. The quantitative estimate of drug-likeness (QED) is 0.456. The van der Waals surface area contributed by atoms with E-state index in [9.17, 15) is 14.4 Å². The minimum atomic E-state index is -0.302. The molecular formula is C24H26N4O3S. The van der Waals surface area contributed by atoms with Crippen molar-refractivity contribution in [3.05, 3.63) is 71.2 Å². The fourth-order valence-corrected chi connectivity index (χ4v) is 5.02. The van der Waals surface area contributed by atoms with Gasteiger partial charge in [0.15, 0.2) is 0 Å². The molecule has 2 aliphatic rings. The van der Waals surface area contributed by atoms with Crippen molar-refractivity contribution in [1.29, 1.82) is 0 Å². The van der Waals surface area contributed by atoms with Crippen molar-refractivity contribution < 1.29 is 14.4 Å². The Balaban J connectivity index is 1.57. The number of amides is 3. The van der Waals surface area contributed by atoms with E-state index in [2.05, 4.69) is 23.0 Å². The van der Waals surface area contributed by atoms with Gasteiger partial charge in [-0.2, -0.15) is 0 Å². The molecule has 2 aliphatic heterocycles. The summed E-state index contributed by atoms with van der Waals surface area (Å²) in [4.78, 5) is 48.6. The van der Waals surface area contributed by atoms with Crippen LogP contribution in [0.3, 0.4) is 0 Å². The zero-order chi connectivity index (χ0) is 22.7. The van der Waals surface area contributed by atoms with Crippen molar-refractivity contribution in [2.45, 2.75) is 19.4 Å². The first-order valence-electron chi connectivity index (χ1n) is 10.7. The van der Waals surface area contributed by atoms with E-state index >= 15 is 0 Å². The highest BCUT2D eigenvalue weighted by Gasteiger charge is 2.40. The summed E-state index contributed by atoms with van der Waals surface area (Å²) in [5, 5.41) is 2.54. The lowest BCUT2D eigenvalue weighted by molar-refractivity contribution is -0.134. The molecule has 0 bridgehead atoms. The maximum atomic E-state index is 13.2. The average Bonchev–Trinajstić information content (AvgIpc) is 3.41. The Morgan fingerprint density at radius 1 is 1.22 bits per heavy atom. The van der Waals surface area contributed by atoms with Crippen molar-refractivity contribution in [1.82, 2.24) is 14.8 Å². The fourth-order valence-electron chi connectivity index (χ4n) is 4.41. The highest BCUT2D eigenvalue weighted by Crippen LogP contribution is 2.35. The fraction of sp³-hybridized carbons (Fsp3) is 0.333. The summed E-state index contributed by atoms with van der Waals surface area (Å²) in [6.07, 6.45) is 6.72. The van der Waals surface area contributed by atoms with Gasteiger partial charge in [0.05, 0.1) is 29.3 Å². The van der Waals surface area contributed by atoms with Gasteiger partial charge in [0, 0.05) is 37.8 Å². The van der Waals surface area contributed by atoms with E-state index in [0.29, 0.717) is 35.8 Å². The number of nitrogens with zero attached hydrogens (tertiary/aromatic N) is 4. The zero-order valence-corrected chi connectivity index (χ0v) is 18.7. The van der Waals surface area contributed by atoms with Crippen molar-refractivity contribution in [2.75, 3.05) is 31.1 Å². The average molecular weight is 451 g/mol.